The highest BCUT2D eigenvalue weighted by Crippen LogP contribution is 2.35. The maximum absolute atomic E-state index is 12.8. The maximum atomic E-state index is 12.8. The predicted octanol–water partition coefficient (Wildman–Crippen LogP) is 5.83. The van der Waals surface area contributed by atoms with Gasteiger partial charge >= 0.3 is 6.36 Å². The molecule has 156 valence electrons. The Hall–Kier alpha value is -3.29. The summed E-state index contributed by atoms with van der Waals surface area (Å²) in [7, 11) is 1.86. The fraction of sp³-hybridized carbons (Fsp3) is 0.273. The number of nitrogens with zero attached hydrogens (tertiary/aromatic N) is 3. The van der Waals surface area contributed by atoms with E-state index in [9.17, 15) is 13.2 Å². The summed E-state index contributed by atoms with van der Waals surface area (Å²) in [6.07, 6.45) is -4.76. The number of aryl methyl sites for hydroxylation is 1. The van der Waals surface area contributed by atoms with Crippen LogP contribution in [-0.2, 0) is 12.5 Å². The quantitative estimate of drug-likeness (QED) is 0.459. The fourth-order valence-corrected chi connectivity index (χ4v) is 3.27. The van der Waals surface area contributed by atoms with Gasteiger partial charge in [-0.05, 0) is 29.8 Å². The lowest BCUT2D eigenvalue weighted by Crippen LogP contribution is -2.17. The molecule has 0 aliphatic rings. The van der Waals surface area contributed by atoms with Crippen molar-refractivity contribution in [1.29, 1.82) is 0 Å². The molecule has 4 rings (SSSR count). The molecule has 1 N–H and O–H groups in total. The SMILES string of the molecule is Cn1nc(C(C)(C)C)cc1-c1nc2ccc(-c3ccccc3OC(F)(F)F)cc2[nH]1. The van der Waals surface area contributed by atoms with E-state index < -0.39 is 6.36 Å². The zero-order chi connectivity index (χ0) is 21.7. The van der Waals surface area contributed by atoms with E-state index in [4.69, 9.17) is 0 Å². The van der Waals surface area contributed by atoms with Crippen LogP contribution in [0.25, 0.3) is 33.7 Å². The van der Waals surface area contributed by atoms with Crippen LogP contribution in [0.1, 0.15) is 26.5 Å². The second kappa shape index (κ2) is 6.90. The topological polar surface area (TPSA) is 55.7 Å². The number of benzene rings is 2. The lowest BCUT2D eigenvalue weighted by Gasteiger charge is -2.13. The number of aromatic nitrogens is 4. The second-order valence-electron chi connectivity index (χ2n) is 8.15. The van der Waals surface area contributed by atoms with Crippen LogP contribution in [0.3, 0.4) is 0 Å². The van der Waals surface area contributed by atoms with Crippen molar-refractivity contribution in [3.8, 4) is 28.4 Å². The Labute approximate surface area is 171 Å². The molecule has 0 atom stereocenters. The number of ether oxygens (including phenoxy) is 1. The molecule has 0 fully saturated rings. The van der Waals surface area contributed by atoms with Crippen LogP contribution in [0.2, 0.25) is 0 Å². The molecular weight excluding hydrogens is 393 g/mol. The number of para-hydroxylation sites is 1. The summed E-state index contributed by atoms with van der Waals surface area (Å²) in [6, 6.07) is 13.3. The molecule has 8 heteroatoms. The molecule has 30 heavy (non-hydrogen) atoms. The van der Waals surface area contributed by atoms with E-state index in [0.717, 1.165) is 11.4 Å². The summed E-state index contributed by atoms with van der Waals surface area (Å²) < 4.78 is 44.2. The summed E-state index contributed by atoms with van der Waals surface area (Å²) in [5.74, 6) is 0.401. The average molecular weight is 414 g/mol. The van der Waals surface area contributed by atoms with E-state index in [1.165, 1.54) is 12.1 Å². The third-order valence-electron chi connectivity index (χ3n) is 4.80. The maximum Gasteiger partial charge on any atom is 0.573 e. The van der Waals surface area contributed by atoms with Gasteiger partial charge in [0, 0.05) is 18.0 Å². The fourth-order valence-electron chi connectivity index (χ4n) is 3.27. The molecule has 0 bridgehead atoms. The molecule has 0 amide bonds. The minimum absolute atomic E-state index is 0.0998. The van der Waals surface area contributed by atoms with Crippen LogP contribution < -0.4 is 4.74 Å². The first kappa shape index (κ1) is 20.0. The molecule has 2 aromatic carbocycles. The van der Waals surface area contributed by atoms with Crippen molar-refractivity contribution in [3.05, 3.63) is 54.2 Å². The van der Waals surface area contributed by atoms with Crippen molar-refractivity contribution in [1.82, 2.24) is 19.7 Å². The first-order valence-corrected chi connectivity index (χ1v) is 9.41. The van der Waals surface area contributed by atoms with Gasteiger partial charge in [0.15, 0.2) is 5.82 Å². The molecule has 0 aliphatic heterocycles. The number of rotatable bonds is 3. The molecule has 0 saturated carbocycles. The normalized spacial score (nSPS) is 12.5. The summed E-state index contributed by atoms with van der Waals surface area (Å²) >= 11 is 0. The number of aromatic amines is 1. The largest absolute Gasteiger partial charge is 0.573 e. The first-order chi connectivity index (χ1) is 14.0. The highest BCUT2D eigenvalue weighted by atomic mass is 19.4. The zero-order valence-electron chi connectivity index (χ0n) is 17.0. The van der Waals surface area contributed by atoms with Crippen molar-refractivity contribution >= 4 is 11.0 Å². The number of hydrogen-bond donors (Lipinski definition) is 1. The molecule has 0 aliphatic carbocycles. The summed E-state index contributed by atoms with van der Waals surface area (Å²) in [6.45, 7) is 6.26. The third-order valence-corrected chi connectivity index (χ3v) is 4.80. The Balaban J connectivity index is 1.76. The molecule has 2 heterocycles. The van der Waals surface area contributed by atoms with Gasteiger partial charge in [-0.3, -0.25) is 4.68 Å². The zero-order valence-corrected chi connectivity index (χ0v) is 17.0. The summed E-state index contributed by atoms with van der Waals surface area (Å²) in [5, 5.41) is 4.57. The van der Waals surface area contributed by atoms with E-state index in [1.54, 1.807) is 35.0 Å². The number of nitrogens with one attached hydrogen (secondary N) is 1. The van der Waals surface area contributed by atoms with Crippen molar-refractivity contribution in [2.24, 2.45) is 7.05 Å². The number of imidazole rings is 1. The van der Waals surface area contributed by atoms with Gasteiger partial charge in [-0.25, -0.2) is 4.98 Å². The monoisotopic (exact) mass is 414 g/mol. The van der Waals surface area contributed by atoms with Gasteiger partial charge in [0.2, 0.25) is 0 Å². The Morgan fingerprint density at radius 1 is 1.00 bits per heavy atom. The van der Waals surface area contributed by atoms with Crippen LogP contribution in [-0.4, -0.2) is 26.1 Å². The highest BCUT2D eigenvalue weighted by molar-refractivity contribution is 5.85. The van der Waals surface area contributed by atoms with Gasteiger partial charge in [0.1, 0.15) is 11.4 Å². The van der Waals surface area contributed by atoms with Gasteiger partial charge in [-0.15, -0.1) is 13.2 Å². The smallest absolute Gasteiger partial charge is 0.405 e. The number of fused-ring (bicyclic) bond motifs is 1. The predicted molar refractivity (Wildman–Crippen MR) is 109 cm³/mol. The van der Waals surface area contributed by atoms with Crippen molar-refractivity contribution < 1.29 is 17.9 Å². The highest BCUT2D eigenvalue weighted by Gasteiger charge is 2.32. The van der Waals surface area contributed by atoms with Gasteiger partial charge in [0.05, 0.1) is 16.7 Å². The van der Waals surface area contributed by atoms with Crippen molar-refractivity contribution in [3.63, 3.8) is 0 Å². The molecular formula is C22H21F3N4O. The first-order valence-electron chi connectivity index (χ1n) is 9.41. The van der Waals surface area contributed by atoms with Crippen LogP contribution in [0.15, 0.2) is 48.5 Å². The average Bonchev–Trinajstić information content (AvgIpc) is 3.23. The molecule has 5 nitrogen and oxygen atoms in total. The van der Waals surface area contributed by atoms with Gasteiger partial charge in [-0.2, -0.15) is 5.10 Å². The van der Waals surface area contributed by atoms with Gasteiger partial charge < -0.3 is 9.72 Å². The van der Waals surface area contributed by atoms with Crippen molar-refractivity contribution in [2.75, 3.05) is 0 Å². The van der Waals surface area contributed by atoms with Crippen molar-refractivity contribution in [2.45, 2.75) is 32.5 Å². The van der Waals surface area contributed by atoms with Gasteiger partial charge in [0.25, 0.3) is 0 Å². The number of H-pyrrole nitrogens is 1. The Bertz CT molecular complexity index is 1220. The standard InChI is InChI=1S/C22H21F3N4O/c1-21(2,3)19-12-17(29(4)28-19)20-26-15-10-9-13(11-16(15)27-20)14-7-5-6-8-18(14)30-22(23,24)25/h5-12H,1-4H3,(H,26,27). The lowest BCUT2D eigenvalue weighted by molar-refractivity contribution is -0.274. The molecule has 0 saturated heterocycles. The van der Waals surface area contributed by atoms with Crippen LogP contribution >= 0.6 is 0 Å². The molecule has 2 aromatic heterocycles. The minimum Gasteiger partial charge on any atom is -0.405 e. The Kier molecular flexibility index (Phi) is 4.60. The van der Waals surface area contributed by atoms with E-state index in [1.807, 2.05) is 13.1 Å². The van der Waals surface area contributed by atoms with Gasteiger partial charge in [-0.1, -0.05) is 45.0 Å². The van der Waals surface area contributed by atoms with E-state index >= 15 is 0 Å². The van der Waals surface area contributed by atoms with Crippen LogP contribution in [0.5, 0.6) is 5.75 Å². The number of hydrogen-bond acceptors (Lipinski definition) is 3. The van der Waals surface area contributed by atoms with E-state index in [-0.39, 0.29) is 11.2 Å². The van der Waals surface area contributed by atoms with E-state index in [2.05, 4.69) is 40.6 Å². The third kappa shape index (κ3) is 3.90. The summed E-state index contributed by atoms with van der Waals surface area (Å²) in [5.41, 5.74) is 4.04. The lowest BCUT2D eigenvalue weighted by atomic mass is 9.92. The Morgan fingerprint density at radius 3 is 2.40 bits per heavy atom. The number of halogens is 3. The molecule has 4 aromatic rings. The van der Waals surface area contributed by atoms with Crippen LogP contribution in [0, 0.1) is 0 Å². The molecule has 0 unspecified atom stereocenters. The number of alkyl halides is 3. The minimum atomic E-state index is -4.76. The molecule has 0 spiro atoms. The van der Waals surface area contributed by atoms with E-state index in [0.29, 0.717) is 28.0 Å². The Morgan fingerprint density at radius 2 is 1.73 bits per heavy atom. The molecule has 0 radical (unpaired) electrons. The summed E-state index contributed by atoms with van der Waals surface area (Å²) in [4.78, 5) is 7.89. The second-order valence-corrected chi connectivity index (χ2v) is 8.15. The van der Waals surface area contributed by atoms with Crippen LogP contribution in [0.4, 0.5) is 13.2 Å².